The predicted molar refractivity (Wildman–Crippen MR) is 133 cm³/mol. The van der Waals surface area contributed by atoms with E-state index in [0.29, 0.717) is 16.0 Å². The molecule has 0 heterocycles. The Balaban J connectivity index is 1.89. The van der Waals surface area contributed by atoms with Crippen molar-refractivity contribution in [3.05, 3.63) is 56.5 Å². The van der Waals surface area contributed by atoms with E-state index >= 15 is 0 Å². The summed E-state index contributed by atoms with van der Waals surface area (Å²) in [5.74, 6) is 0.211. The highest BCUT2D eigenvalue weighted by molar-refractivity contribution is 9.11. The molecule has 0 aliphatic carbocycles. The first-order valence-electron chi connectivity index (χ1n) is 10.2. The number of carbonyl (C=O) groups is 2. The number of hydrogen-bond acceptors (Lipinski definition) is 4. The molecule has 174 valence electrons. The molecule has 0 atom stereocenters. The number of amides is 2. The fourth-order valence-electron chi connectivity index (χ4n) is 2.80. The lowest BCUT2D eigenvalue weighted by Gasteiger charge is -2.27. The summed E-state index contributed by atoms with van der Waals surface area (Å²) in [6.45, 7) is 12.3. The molecule has 0 saturated heterocycles. The number of benzene rings is 2. The lowest BCUT2D eigenvalue weighted by Crippen LogP contribution is -2.45. The smallest absolute Gasteiger partial charge is 0.276 e. The maximum atomic E-state index is 12.2. The molecule has 2 aromatic rings. The first kappa shape index (κ1) is 26.2. The molecule has 0 unspecified atom stereocenters. The minimum Gasteiger partial charge on any atom is -0.483 e. The Labute approximate surface area is 206 Å². The van der Waals surface area contributed by atoms with E-state index in [-0.39, 0.29) is 24.0 Å². The van der Waals surface area contributed by atoms with Crippen LogP contribution in [0.4, 0.5) is 0 Å². The second-order valence-electron chi connectivity index (χ2n) is 9.46. The average Bonchev–Trinajstić information content (AvgIpc) is 2.68. The maximum Gasteiger partial charge on any atom is 0.276 e. The summed E-state index contributed by atoms with van der Waals surface area (Å²) in [5, 5.41) is 0. The summed E-state index contributed by atoms with van der Waals surface area (Å²) in [5.41, 5.74) is 6.75. The lowest BCUT2D eigenvalue weighted by molar-refractivity contribution is -0.131. The molecule has 2 rings (SSSR count). The summed E-state index contributed by atoms with van der Waals surface area (Å²) in [6.07, 6.45) is 0. The second-order valence-corrected chi connectivity index (χ2v) is 11.2. The van der Waals surface area contributed by atoms with Crippen molar-refractivity contribution in [2.75, 3.05) is 13.2 Å². The number of hydrazine groups is 1. The maximum absolute atomic E-state index is 12.2. The SMILES string of the molecule is CC(C)(C)c1ccc(OCC(=O)NNC(=O)COc2ccc(Br)cc2Br)c(C(C)(C)C)c1. The summed E-state index contributed by atoms with van der Waals surface area (Å²) >= 11 is 6.72. The van der Waals surface area contributed by atoms with Gasteiger partial charge in [0.25, 0.3) is 11.8 Å². The number of nitrogens with one attached hydrogen (secondary N) is 2. The van der Waals surface area contributed by atoms with Crippen LogP contribution in [0.5, 0.6) is 11.5 Å². The van der Waals surface area contributed by atoms with E-state index in [9.17, 15) is 9.59 Å². The molecule has 0 aliphatic heterocycles. The van der Waals surface area contributed by atoms with Gasteiger partial charge >= 0.3 is 0 Å². The molecule has 2 N–H and O–H groups in total. The van der Waals surface area contributed by atoms with Gasteiger partial charge in [-0.25, -0.2) is 0 Å². The zero-order valence-electron chi connectivity index (χ0n) is 19.3. The summed E-state index contributed by atoms with van der Waals surface area (Å²) in [6, 6.07) is 11.4. The Morgan fingerprint density at radius 1 is 0.781 bits per heavy atom. The number of halogens is 2. The van der Waals surface area contributed by atoms with Crippen molar-refractivity contribution in [2.24, 2.45) is 0 Å². The van der Waals surface area contributed by atoms with Gasteiger partial charge < -0.3 is 9.47 Å². The summed E-state index contributed by atoms with van der Waals surface area (Å²) in [7, 11) is 0. The summed E-state index contributed by atoms with van der Waals surface area (Å²) < 4.78 is 12.8. The first-order chi connectivity index (χ1) is 14.8. The lowest BCUT2D eigenvalue weighted by atomic mass is 9.80. The minimum absolute atomic E-state index is 0.00803. The van der Waals surface area contributed by atoms with E-state index in [0.717, 1.165) is 10.0 Å². The molecule has 2 aromatic carbocycles. The van der Waals surface area contributed by atoms with Crippen molar-refractivity contribution in [2.45, 2.75) is 52.4 Å². The highest BCUT2D eigenvalue weighted by Crippen LogP contribution is 2.35. The van der Waals surface area contributed by atoms with Gasteiger partial charge in [0.1, 0.15) is 11.5 Å². The van der Waals surface area contributed by atoms with Gasteiger partial charge in [0.15, 0.2) is 13.2 Å². The van der Waals surface area contributed by atoms with Crippen LogP contribution >= 0.6 is 31.9 Å². The van der Waals surface area contributed by atoms with E-state index < -0.39 is 11.8 Å². The zero-order valence-corrected chi connectivity index (χ0v) is 22.4. The van der Waals surface area contributed by atoms with Gasteiger partial charge in [-0.3, -0.25) is 20.4 Å². The van der Waals surface area contributed by atoms with Crippen molar-refractivity contribution in [1.82, 2.24) is 10.9 Å². The van der Waals surface area contributed by atoms with Crippen molar-refractivity contribution in [3.63, 3.8) is 0 Å². The molecule has 0 fully saturated rings. The van der Waals surface area contributed by atoms with Crippen LogP contribution in [0.2, 0.25) is 0 Å². The second kappa shape index (κ2) is 10.7. The standard InChI is InChI=1S/C24H30Br2N2O4/c1-23(2,3)15-7-9-19(17(11-15)24(4,5)6)31-13-21(29)27-28-22(30)14-32-20-10-8-16(25)12-18(20)26/h7-12H,13-14H2,1-6H3,(H,27,29)(H,28,30). The van der Waals surface area contributed by atoms with Crippen molar-refractivity contribution >= 4 is 43.7 Å². The van der Waals surface area contributed by atoms with E-state index in [2.05, 4.69) is 90.3 Å². The van der Waals surface area contributed by atoms with Gasteiger partial charge in [-0.05, 0) is 62.2 Å². The van der Waals surface area contributed by atoms with E-state index in [1.54, 1.807) is 12.1 Å². The quantitative estimate of drug-likeness (QED) is 0.456. The minimum atomic E-state index is -0.488. The molecule has 0 radical (unpaired) electrons. The topological polar surface area (TPSA) is 76.7 Å². The molecular weight excluding hydrogens is 540 g/mol. The van der Waals surface area contributed by atoms with Gasteiger partial charge in [0.05, 0.1) is 4.47 Å². The molecule has 2 amide bonds. The van der Waals surface area contributed by atoms with Gasteiger partial charge in [0.2, 0.25) is 0 Å². The predicted octanol–water partition coefficient (Wildman–Crippen LogP) is 5.41. The molecule has 0 spiro atoms. The van der Waals surface area contributed by atoms with Crippen LogP contribution in [-0.2, 0) is 20.4 Å². The largest absolute Gasteiger partial charge is 0.483 e. The highest BCUT2D eigenvalue weighted by atomic mass is 79.9. The van der Waals surface area contributed by atoms with Gasteiger partial charge in [-0.15, -0.1) is 0 Å². The third-order valence-corrected chi connectivity index (χ3v) is 5.72. The fourth-order valence-corrected chi connectivity index (χ4v) is 3.96. The van der Waals surface area contributed by atoms with Crippen LogP contribution in [0.1, 0.15) is 52.7 Å². The van der Waals surface area contributed by atoms with Crippen molar-refractivity contribution < 1.29 is 19.1 Å². The number of rotatable bonds is 6. The first-order valence-corrected chi connectivity index (χ1v) is 11.8. The summed E-state index contributed by atoms with van der Waals surface area (Å²) in [4.78, 5) is 24.1. The molecular formula is C24H30Br2N2O4. The van der Waals surface area contributed by atoms with E-state index in [1.807, 2.05) is 18.2 Å². The molecule has 32 heavy (non-hydrogen) atoms. The Morgan fingerprint density at radius 2 is 1.31 bits per heavy atom. The van der Waals surface area contributed by atoms with Crippen LogP contribution in [0.25, 0.3) is 0 Å². The number of carbonyl (C=O) groups excluding carboxylic acids is 2. The Kier molecular flexibility index (Phi) is 8.76. The Hall–Kier alpha value is -2.06. The van der Waals surface area contributed by atoms with Crippen LogP contribution in [0.15, 0.2) is 45.3 Å². The number of ether oxygens (including phenoxy) is 2. The van der Waals surface area contributed by atoms with Crippen LogP contribution < -0.4 is 20.3 Å². The normalized spacial score (nSPS) is 11.6. The van der Waals surface area contributed by atoms with Crippen LogP contribution in [0.3, 0.4) is 0 Å². The molecule has 8 heteroatoms. The Bertz CT molecular complexity index is 979. The molecule has 0 aliphatic rings. The van der Waals surface area contributed by atoms with Crippen molar-refractivity contribution in [3.8, 4) is 11.5 Å². The Morgan fingerprint density at radius 3 is 1.81 bits per heavy atom. The van der Waals surface area contributed by atoms with Crippen LogP contribution in [0, 0.1) is 0 Å². The van der Waals surface area contributed by atoms with Crippen molar-refractivity contribution in [1.29, 1.82) is 0 Å². The molecule has 6 nitrogen and oxygen atoms in total. The third-order valence-electron chi connectivity index (χ3n) is 4.61. The van der Waals surface area contributed by atoms with E-state index in [4.69, 9.17) is 9.47 Å². The van der Waals surface area contributed by atoms with Gasteiger partial charge in [-0.2, -0.15) is 0 Å². The fraction of sp³-hybridized carbons (Fsp3) is 0.417. The average molecular weight is 570 g/mol. The molecule has 0 saturated carbocycles. The van der Waals surface area contributed by atoms with Gasteiger partial charge in [-0.1, -0.05) is 69.6 Å². The molecule has 0 aromatic heterocycles. The number of hydrogen-bond donors (Lipinski definition) is 2. The zero-order chi connectivity index (χ0) is 24.1. The monoisotopic (exact) mass is 568 g/mol. The molecule has 0 bridgehead atoms. The van der Waals surface area contributed by atoms with Crippen LogP contribution in [-0.4, -0.2) is 25.0 Å². The third kappa shape index (κ3) is 7.81. The van der Waals surface area contributed by atoms with Gasteiger partial charge in [0, 0.05) is 4.47 Å². The van der Waals surface area contributed by atoms with E-state index in [1.165, 1.54) is 5.56 Å². The highest BCUT2D eigenvalue weighted by Gasteiger charge is 2.23.